The van der Waals surface area contributed by atoms with E-state index in [0.717, 1.165) is 5.69 Å². The molecule has 0 unspecified atom stereocenters. The smallest absolute Gasteiger partial charge is 0.336 e. The first-order chi connectivity index (χ1) is 19.6. The Morgan fingerprint density at radius 1 is 1.07 bits per heavy atom. The first-order valence-electron chi connectivity index (χ1n) is 13.0. The largest absolute Gasteiger partial charge is 0.494 e. The zero-order chi connectivity index (χ0) is 29.3. The number of aromatic nitrogens is 1. The average molecular weight is 571 g/mol. The van der Waals surface area contributed by atoms with Crippen molar-refractivity contribution in [3.05, 3.63) is 96.0 Å². The summed E-state index contributed by atoms with van der Waals surface area (Å²) < 4.78 is 12.0. The molecule has 5 rings (SSSR count). The second kappa shape index (κ2) is 11.1. The van der Waals surface area contributed by atoms with Gasteiger partial charge in [-0.15, -0.1) is 0 Å². The van der Waals surface area contributed by atoms with Crippen molar-refractivity contribution >= 4 is 40.6 Å². The molecule has 2 aromatic heterocycles. The van der Waals surface area contributed by atoms with Crippen LogP contribution in [0.15, 0.2) is 83.4 Å². The molecule has 1 amide bonds. The number of amides is 1. The van der Waals surface area contributed by atoms with Crippen molar-refractivity contribution in [3.8, 4) is 17.1 Å². The SMILES string of the molecule is COc1cc(N2C(=S)N[C@@H](c3ccccn3)[C@@H]2c2ccc(-c3ccccc3C(=O)O)o2)ccc1NC(=O)C(C)(C)C. The van der Waals surface area contributed by atoms with Crippen LogP contribution in [0.3, 0.4) is 0 Å². The third-order valence-corrected chi connectivity index (χ3v) is 7.15. The van der Waals surface area contributed by atoms with Gasteiger partial charge < -0.3 is 29.8 Å². The number of carboxylic acid groups (broad SMARTS) is 1. The molecule has 210 valence electrons. The van der Waals surface area contributed by atoms with Crippen LogP contribution in [0.5, 0.6) is 5.75 Å². The van der Waals surface area contributed by atoms with Gasteiger partial charge in [-0.1, -0.05) is 45.0 Å². The maximum Gasteiger partial charge on any atom is 0.336 e. The molecule has 9 nitrogen and oxygen atoms in total. The molecule has 1 aliphatic rings. The molecular formula is C31H30N4O5S. The highest BCUT2D eigenvalue weighted by molar-refractivity contribution is 7.80. The third kappa shape index (κ3) is 5.51. The number of rotatable bonds is 7. The number of methoxy groups -OCH3 is 1. The Hall–Kier alpha value is -4.70. The van der Waals surface area contributed by atoms with Crippen molar-refractivity contribution in [1.82, 2.24) is 10.3 Å². The molecule has 3 heterocycles. The number of carboxylic acids is 1. The van der Waals surface area contributed by atoms with Gasteiger partial charge >= 0.3 is 5.97 Å². The number of nitrogens with zero attached hydrogens (tertiary/aromatic N) is 2. The molecule has 10 heteroatoms. The van der Waals surface area contributed by atoms with Gasteiger partial charge in [0.25, 0.3) is 0 Å². The van der Waals surface area contributed by atoms with Gasteiger partial charge in [-0.05, 0) is 54.7 Å². The molecule has 2 atom stereocenters. The van der Waals surface area contributed by atoms with Crippen LogP contribution in [-0.4, -0.2) is 34.2 Å². The molecule has 0 aliphatic carbocycles. The van der Waals surface area contributed by atoms with Crippen LogP contribution < -0.4 is 20.3 Å². The predicted octanol–water partition coefficient (Wildman–Crippen LogP) is 6.21. The summed E-state index contributed by atoms with van der Waals surface area (Å²) in [5.74, 6) is 0.278. The second-order valence-corrected chi connectivity index (χ2v) is 11.0. The third-order valence-electron chi connectivity index (χ3n) is 6.83. The van der Waals surface area contributed by atoms with E-state index in [2.05, 4.69) is 15.6 Å². The maximum absolute atomic E-state index is 12.7. The lowest BCUT2D eigenvalue weighted by Crippen LogP contribution is -2.30. The molecule has 0 bridgehead atoms. The predicted molar refractivity (Wildman–Crippen MR) is 160 cm³/mol. The summed E-state index contributed by atoms with van der Waals surface area (Å²) >= 11 is 5.82. The van der Waals surface area contributed by atoms with Gasteiger partial charge in [0.05, 0.1) is 30.1 Å². The number of pyridine rings is 1. The van der Waals surface area contributed by atoms with E-state index in [9.17, 15) is 14.7 Å². The van der Waals surface area contributed by atoms with Crippen molar-refractivity contribution in [1.29, 1.82) is 0 Å². The van der Waals surface area contributed by atoms with Gasteiger partial charge in [-0.3, -0.25) is 9.78 Å². The number of carbonyl (C=O) groups is 2. The molecule has 4 aromatic rings. The van der Waals surface area contributed by atoms with E-state index in [4.69, 9.17) is 21.4 Å². The Labute approximate surface area is 243 Å². The van der Waals surface area contributed by atoms with Crippen molar-refractivity contribution in [2.45, 2.75) is 32.9 Å². The highest BCUT2D eigenvalue weighted by atomic mass is 32.1. The molecule has 0 spiro atoms. The lowest BCUT2D eigenvalue weighted by Gasteiger charge is -2.27. The number of hydrogen-bond donors (Lipinski definition) is 3. The van der Waals surface area contributed by atoms with Gasteiger partial charge in [0.15, 0.2) is 5.11 Å². The minimum absolute atomic E-state index is 0.139. The van der Waals surface area contributed by atoms with E-state index in [1.807, 2.05) is 62.1 Å². The number of furan rings is 1. The standard InChI is InChI=1S/C31H30N4O5S/c1-31(2,3)29(38)33-21-13-12-18(17-25(21)39-4)35-27(26(34-30(35)41)22-11-7-8-16-32-22)24-15-14-23(40-24)19-9-5-6-10-20(19)28(36)37/h5-17,26-27H,1-4H3,(H,33,38)(H,34,41)(H,36,37)/t26-,27-/m0/s1. The van der Waals surface area contributed by atoms with Gasteiger partial charge in [0, 0.05) is 28.9 Å². The van der Waals surface area contributed by atoms with Gasteiger partial charge in [-0.2, -0.15) is 0 Å². The number of hydrogen-bond acceptors (Lipinski definition) is 6. The highest BCUT2D eigenvalue weighted by Gasteiger charge is 2.43. The Morgan fingerprint density at radius 3 is 2.51 bits per heavy atom. The fraction of sp³-hybridized carbons (Fsp3) is 0.226. The lowest BCUT2D eigenvalue weighted by atomic mass is 9.95. The van der Waals surface area contributed by atoms with E-state index in [1.54, 1.807) is 49.7 Å². The van der Waals surface area contributed by atoms with Gasteiger partial charge in [-0.25, -0.2) is 4.79 Å². The van der Waals surface area contributed by atoms with E-state index in [1.165, 1.54) is 0 Å². The van der Waals surface area contributed by atoms with Crippen LogP contribution in [-0.2, 0) is 4.79 Å². The molecule has 1 aliphatic heterocycles. The number of carbonyl (C=O) groups excluding carboxylic acids is 1. The van der Waals surface area contributed by atoms with Gasteiger partial charge in [0.1, 0.15) is 23.3 Å². The van der Waals surface area contributed by atoms with Crippen molar-refractivity contribution in [3.63, 3.8) is 0 Å². The molecule has 2 aromatic carbocycles. The number of aromatic carboxylic acids is 1. The number of benzene rings is 2. The van der Waals surface area contributed by atoms with Crippen LogP contribution >= 0.6 is 12.2 Å². The second-order valence-electron chi connectivity index (χ2n) is 10.6. The molecule has 0 radical (unpaired) electrons. The van der Waals surface area contributed by atoms with E-state index in [-0.39, 0.29) is 17.5 Å². The van der Waals surface area contributed by atoms with Crippen LogP contribution in [0.1, 0.15) is 54.7 Å². The fourth-order valence-electron chi connectivity index (χ4n) is 4.71. The zero-order valence-corrected chi connectivity index (χ0v) is 23.9. The summed E-state index contributed by atoms with van der Waals surface area (Å²) in [6.07, 6.45) is 1.71. The first-order valence-corrected chi connectivity index (χ1v) is 13.4. The van der Waals surface area contributed by atoms with E-state index < -0.39 is 17.4 Å². The molecular weight excluding hydrogens is 540 g/mol. The summed E-state index contributed by atoms with van der Waals surface area (Å²) in [6, 6.07) is 20.5. The molecule has 1 saturated heterocycles. The van der Waals surface area contributed by atoms with E-state index >= 15 is 0 Å². The minimum atomic E-state index is -1.04. The Morgan fingerprint density at radius 2 is 1.83 bits per heavy atom. The first kappa shape index (κ1) is 27.9. The summed E-state index contributed by atoms with van der Waals surface area (Å²) in [6.45, 7) is 5.52. The quantitative estimate of drug-likeness (QED) is 0.223. The summed E-state index contributed by atoms with van der Waals surface area (Å²) in [4.78, 5) is 31.0. The summed E-state index contributed by atoms with van der Waals surface area (Å²) in [5.41, 5.74) is 2.04. The van der Waals surface area contributed by atoms with E-state index in [0.29, 0.717) is 39.3 Å². The van der Waals surface area contributed by atoms with Crippen LogP contribution in [0.2, 0.25) is 0 Å². The highest BCUT2D eigenvalue weighted by Crippen LogP contribution is 2.44. The molecule has 3 N–H and O–H groups in total. The summed E-state index contributed by atoms with van der Waals surface area (Å²) in [5, 5.41) is 16.5. The molecule has 41 heavy (non-hydrogen) atoms. The normalized spacial score (nSPS) is 16.8. The topological polar surface area (TPSA) is 117 Å². The van der Waals surface area contributed by atoms with Crippen molar-refractivity contribution in [2.24, 2.45) is 5.41 Å². The van der Waals surface area contributed by atoms with Crippen molar-refractivity contribution < 1.29 is 23.8 Å². The Bertz CT molecular complexity index is 1610. The zero-order valence-electron chi connectivity index (χ0n) is 23.0. The van der Waals surface area contributed by atoms with Crippen LogP contribution in [0.25, 0.3) is 11.3 Å². The molecule has 1 fully saturated rings. The monoisotopic (exact) mass is 570 g/mol. The number of thiocarbonyl (C=S) groups is 1. The lowest BCUT2D eigenvalue weighted by molar-refractivity contribution is -0.123. The summed E-state index contributed by atoms with van der Waals surface area (Å²) in [7, 11) is 1.54. The number of anilines is 2. The maximum atomic E-state index is 12.7. The number of ether oxygens (including phenoxy) is 1. The average Bonchev–Trinajstić information content (AvgIpc) is 3.58. The van der Waals surface area contributed by atoms with Crippen LogP contribution in [0, 0.1) is 5.41 Å². The number of nitrogens with one attached hydrogen (secondary N) is 2. The van der Waals surface area contributed by atoms with Gasteiger partial charge in [0.2, 0.25) is 5.91 Å². The Kier molecular flexibility index (Phi) is 7.51. The minimum Gasteiger partial charge on any atom is -0.494 e. The molecule has 0 saturated carbocycles. The fourth-order valence-corrected chi connectivity index (χ4v) is 5.05. The Balaban J connectivity index is 1.58. The van der Waals surface area contributed by atoms with Crippen molar-refractivity contribution in [2.75, 3.05) is 17.3 Å². The van der Waals surface area contributed by atoms with Crippen LogP contribution in [0.4, 0.5) is 11.4 Å².